The lowest BCUT2D eigenvalue weighted by atomic mass is 9.95. The van der Waals surface area contributed by atoms with Crippen LogP contribution >= 0.6 is 0 Å². The average Bonchev–Trinajstić information content (AvgIpc) is 2.66. The molecule has 1 aliphatic carbocycles. The number of rotatable bonds is 3. The van der Waals surface area contributed by atoms with Crippen LogP contribution in [-0.4, -0.2) is 37.1 Å². The second-order valence-corrected chi connectivity index (χ2v) is 5.59. The van der Waals surface area contributed by atoms with E-state index in [4.69, 9.17) is 0 Å². The smallest absolute Gasteiger partial charge is 0.0223 e. The molecule has 94 valence electrons. The predicted octanol–water partition coefficient (Wildman–Crippen LogP) is 2.78. The molecule has 1 unspecified atom stereocenters. The highest BCUT2D eigenvalue weighted by atomic mass is 15.2. The van der Waals surface area contributed by atoms with Crippen LogP contribution in [0.1, 0.15) is 57.8 Å². The summed E-state index contributed by atoms with van der Waals surface area (Å²) in [6.45, 7) is 2.55. The fourth-order valence-corrected chi connectivity index (χ4v) is 3.56. The first-order valence-corrected chi connectivity index (χ1v) is 7.32. The van der Waals surface area contributed by atoms with Gasteiger partial charge in [-0.25, -0.2) is 0 Å². The number of hydrogen-bond donors (Lipinski definition) is 1. The van der Waals surface area contributed by atoms with Gasteiger partial charge < -0.3 is 5.32 Å². The van der Waals surface area contributed by atoms with Crippen LogP contribution in [0.5, 0.6) is 0 Å². The largest absolute Gasteiger partial charge is 0.318 e. The van der Waals surface area contributed by atoms with Crippen molar-refractivity contribution in [2.75, 3.05) is 20.1 Å². The summed E-state index contributed by atoms with van der Waals surface area (Å²) in [6, 6.07) is 1.73. The number of nitrogens with one attached hydrogen (secondary N) is 1. The maximum atomic E-state index is 3.37. The summed E-state index contributed by atoms with van der Waals surface area (Å²) in [5, 5.41) is 3.37. The summed E-state index contributed by atoms with van der Waals surface area (Å²) >= 11 is 0. The number of hydrogen-bond acceptors (Lipinski definition) is 2. The Labute approximate surface area is 101 Å². The van der Waals surface area contributed by atoms with Crippen LogP contribution in [0, 0.1) is 0 Å². The zero-order chi connectivity index (χ0) is 11.2. The fourth-order valence-electron chi connectivity index (χ4n) is 3.56. The van der Waals surface area contributed by atoms with Crippen molar-refractivity contribution in [3.05, 3.63) is 0 Å². The van der Waals surface area contributed by atoms with Gasteiger partial charge >= 0.3 is 0 Å². The topological polar surface area (TPSA) is 15.3 Å². The lowest BCUT2D eigenvalue weighted by Gasteiger charge is -2.34. The predicted molar refractivity (Wildman–Crippen MR) is 69.8 cm³/mol. The van der Waals surface area contributed by atoms with Crippen molar-refractivity contribution >= 4 is 0 Å². The van der Waals surface area contributed by atoms with Crippen LogP contribution in [0.2, 0.25) is 0 Å². The van der Waals surface area contributed by atoms with E-state index in [1.54, 1.807) is 0 Å². The maximum absolute atomic E-state index is 3.37. The molecule has 16 heavy (non-hydrogen) atoms. The third kappa shape index (κ3) is 3.21. The third-order valence-electron chi connectivity index (χ3n) is 4.41. The van der Waals surface area contributed by atoms with E-state index in [2.05, 4.69) is 17.3 Å². The molecule has 1 atom stereocenters. The van der Waals surface area contributed by atoms with E-state index in [-0.39, 0.29) is 0 Å². The molecule has 2 heteroatoms. The minimum atomic E-state index is 0.828. The van der Waals surface area contributed by atoms with E-state index in [9.17, 15) is 0 Å². The summed E-state index contributed by atoms with van der Waals surface area (Å²) in [7, 11) is 2.09. The zero-order valence-electron chi connectivity index (χ0n) is 10.9. The van der Waals surface area contributed by atoms with E-state index < -0.39 is 0 Å². The highest BCUT2D eigenvalue weighted by Gasteiger charge is 2.29. The van der Waals surface area contributed by atoms with Crippen LogP contribution in [0.3, 0.4) is 0 Å². The van der Waals surface area contributed by atoms with Gasteiger partial charge in [-0.3, -0.25) is 4.90 Å². The first kappa shape index (κ1) is 12.4. The van der Waals surface area contributed by atoms with Crippen LogP contribution in [0.4, 0.5) is 0 Å². The van der Waals surface area contributed by atoms with Crippen molar-refractivity contribution in [1.29, 1.82) is 0 Å². The van der Waals surface area contributed by atoms with Crippen molar-refractivity contribution in [3.63, 3.8) is 0 Å². The fraction of sp³-hybridized carbons (Fsp3) is 1.00. The van der Waals surface area contributed by atoms with Gasteiger partial charge in [0.15, 0.2) is 0 Å². The Bertz CT molecular complexity index is 185. The summed E-state index contributed by atoms with van der Waals surface area (Å²) in [6.07, 6.45) is 13.1. The molecule has 2 rings (SSSR count). The van der Waals surface area contributed by atoms with Crippen LogP contribution in [0.25, 0.3) is 0 Å². The van der Waals surface area contributed by atoms with Crippen LogP contribution < -0.4 is 5.32 Å². The lowest BCUT2D eigenvalue weighted by Crippen LogP contribution is -2.43. The second kappa shape index (κ2) is 6.61. The third-order valence-corrected chi connectivity index (χ3v) is 4.41. The van der Waals surface area contributed by atoms with E-state index in [1.165, 1.54) is 70.9 Å². The van der Waals surface area contributed by atoms with Gasteiger partial charge in [-0.15, -0.1) is 0 Å². The minimum Gasteiger partial charge on any atom is -0.318 e. The molecule has 2 fully saturated rings. The van der Waals surface area contributed by atoms with E-state index in [0.717, 1.165) is 12.1 Å². The standard InChI is InChI=1S/C14H28N2/c1-15-12-14-10-7-11-16(14)13-8-5-3-2-4-6-9-13/h13-15H,2-12H2,1H3. The maximum Gasteiger partial charge on any atom is 0.0223 e. The molecule has 0 aromatic rings. The Kier molecular flexibility index (Phi) is 5.11. The molecule has 0 radical (unpaired) electrons. The molecule has 1 heterocycles. The van der Waals surface area contributed by atoms with Crippen molar-refractivity contribution in [3.8, 4) is 0 Å². The molecule has 1 saturated carbocycles. The Hall–Kier alpha value is -0.0800. The molecule has 0 aromatic carbocycles. The van der Waals surface area contributed by atoms with Gasteiger partial charge in [0.2, 0.25) is 0 Å². The SMILES string of the molecule is CNCC1CCCN1C1CCCCCCC1. The second-order valence-electron chi connectivity index (χ2n) is 5.59. The molecule has 0 bridgehead atoms. The number of nitrogens with zero attached hydrogens (tertiary/aromatic N) is 1. The molecular weight excluding hydrogens is 196 g/mol. The number of likely N-dealkylation sites (tertiary alicyclic amines) is 1. The Balaban J connectivity index is 1.87. The van der Waals surface area contributed by atoms with Crippen molar-refractivity contribution in [2.24, 2.45) is 0 Å². The highest BCUT2D eigenvalue weighted by Crippen LogP contribution is 2.27. The van der Waals surface area contributed by atoms with Crippen molar-refractivity contribution in [1.82, 2.24) is 10.2 Å². The molecule has 0 amide bonds. The molecule has 1 N–H and O–H groups in total. The first-order valence-electron chi connectivity index (χ1n) is 7.32. The molecule has 0 aromatic heterocycles. The van der Waals surface area contributed by atoms with Gasteiger partial charge in [0, 0.05) is 18.6 Å². The molecule has 1 aliphatic heterocycles. The zero-order valence-corrected chi connectivity index (χ0v) is 10.9. The lowest BCUT2D eigenvalue weighted by molar-refractivity contribution is 0.150. The van der Waals surface area contributed by atoms with Gasteiger partial charge in [0.1, 0.15) is 0 Å². The Morgan fingerprint density at radius 1 is 0.938 bits per heavy atom. The minimum absolute atomic E-state index is 0.828. The average molecular weight is 224 g/mol. The number of likely N-dealkylation sites (N-methyl/N-ethyl adjacent to an activating group) is 1. The van der Waals surface area contributed by atoms with Crippen molar-refractivity contribution < 1.29 is 0 Å². The normalized spacial score (nSPS) is 30.2. The summed E-state index contributed by atoms with van der Waals surface area (Å²) in [5.74, 6) is 0. The van der Waals surface area contributed by atoms with E-state index in [0.29, 0.717) is 0 Å². The summed E-state index contributed by atoms with van der Waals surface area (Å²) in [5.41, 5.74) is 0. The Morgan fingerprint density at radius 2 is 1.62 bits per heavy atom. The quantitative estimate of drug-likeness (QED) is 0.793. The van der Waals surface area contributed by atoms with Gasteiger partial charge in [0.25, 0.3) is 0 Å². The van der Waals surface area contributed by atoms with E-state index >= 15 is 0 Å². The summed E-state index contributed by atoms with van der Waals surface area (Å²) in [4.78, 5) is 2.82. The molecule has 2 aliphatic rings. The van der Waals surface area contributed by atoms with Crippen LogP contribution in [0.15, 0.2) is 0 Å². The van der Waals surface area contributed by atoms with Crippen molar-refractivity contribution in [2.45, 2.75) is 69.9 Å². The highest BCUT2D eigenvalue weighted by molar-refractivity contribution is 4.86. The molecule has 2 nitrogen and oxygen atoms in total. The molecule has 1 saturated heterocycles. The van der Waals surface area contributed by atoms with Gasteiger partial charge in [-0.2, -0.15) is 0 Å². The Morgan fingerprint density at radius 3 is 2.31 bits per heavy atom. The monoisotopic (exact) mass is 224 g/mol. The summed E-state index contributed by atoms with van der Waals surface area (Å²) < 4.78 is 0. The van der Waals surface area contributed by atoms with Gasteiger partial charge in [0.05, 0.1) is 0 Å². The van der Waals surface area contributed by atoms with E-state index in [1.807, 2.05) is 0 Å². The first-order chi connectivity index (χ1) is 7.92. The van der Waals surface area contributed by atoms with Gasteiger partial charge in [-0.05, 0) is 39.3 Å². The molecule has 0 spiro atoms. The van der Waals surface area contributed by atoms with Gasteiger partial charge in [-0.1, -0.05) is 32.1 Å². The van der Waals surface area contributed by atoms with Crippen LogP contribution in [-0.2, 0) is 0 Å². The molecular formula is C14H28N2.